The van der Waals surface area contributed by atoms with E-state index in [1.54, 1.807) is 11.9 Å². The van der Waals surface area contributed by atoms with Gasteiger partial charge in [-0.25, -0.2) is 0 Å². The largest absolute Gasteiger partial charge is 0.344 e. The topological polar surface area (TPSA) is 40.8 Å². The van der Waals surface area contributed by atoms with Crippen LogP contribution in [0.3, 0.4) is 0 Å². The van der Waals surface area contributed by atoms with E-state index < -0.39 is 0 Å². The Labute approximate surface area is 153 Å². The van der Waals surface area contributed by atoms with Crippen LogP contribution in [0.1, 0.15) is 37.4 Å². The van der Waals surface area contributed by atoms with Crippen molar-refractivity contribution in [2.45, 2.75) is 33.2 Å². The van der Waals surface area contributed by atoms with Crippen molar-refractivity contribution in [2.75, 3.05) is 11.0 Å². The van der Waals surface area contributed by atoms with Gasteiger partial charge in [-0.15, -0.1) is 0 Å². The van der Waals surface area contributed by atoms with Crippen molar-refractivity contribution < 1.29 is 0 Å². The third-order valence-electron chi connectivity index (χ3n) is 4.78. The summed E-state index contributed by atoms with van der Waals surface area (Å²) in [4.78, 5) is 0. The minimum atomic E-state index is 0.431. The van der Waals surface area contributed by atoms with Gasteiger partial charge >= 0.3 is 0 Å². The van der Waals surface area contributed by atoms with E-state index in [-0.39, 0.29) is 0 Å². The molecule has 1 atom stereocenters. The summed E-state index contributed by atoms with van der Waals surface area (Å²) in [7, 11) is 0. The average Bonchev–Trinajstić information content (AvgIpc) is 3.00. The summed E-state index contributed by atoms with van der Waals surface area (Å²) in [5.41, 5.74) is 6.49. The standard InChI is InChI=1S/C21H23N3S/c1-5-15(3)24-13-20(16-6-7-17(12-22)14(2)10-16)19-9-8-18(23-25-4)11-21(19)24/h6-11,13,15,23H,5H2,1-4H3. The van der Waals surface area contributed by atoms with Gasteiger partial charge in [0.2, 0.25) is 0 Å². The smallest absolute Gasteiger partial charge is 0.0994 e. The third-order valence-corrected chi connectivity index (χ3v) is 5.22. The zero-order valence-corrected chi connectivity index (χ0v) is 15.9. The van der Waals surface area contributed by atoms with Crippen LogP contribution >= 0.6 is 11.9 Å². The van der Waals surface area contributed by atoms with Crippen molar-refractivity contribution in [1.82, 2.24) is 4.57 Å². The van der Waals surface area contributed by atoms with Crippen molar-refractivity contribution >= 4 is 28.5 Å². The first-order valence-corrected chi connectivity index (χ1v) is 9.76. The number of nitrogens with zero attached hydrogens (tertiary/aromatic N) is 2. The van der Waals surface area contributed by atoms with Gasteiger partial charge in [0.15, 0.2) is 0 Å². The maximum absolute atomic E-state index is 9.18. The second-order valence-corrected chi connectivity index (χ2v) is 7.00. The predicted molar refractivity (Wildman–Crippen MR) is 109 cm³/mol. The molecule has 0 fully saturated rings. The Bertz CT molecular complexity index is 950. The number of anilines is 1. The van der Waals surface area contributed by atoms with E-state index in [0.717, 1.165) is 28.8 Å². The van der Waals surface area contributed by atoms with E-state index in [1.807, 2.05) is 19.2 Å². The van der Waals surface area contributed by atoms with Gasteiger partial charge in [-0.2, -0.15) is 5.26 Å². The average molecular weight is 350 g/mol. The number of benzene rings is 2. The number of nitriles is 1. The van der Waals surface area contributed by atoms with Crippen LogP contribution in [0.5, 0.6) is 0 Å². The lowest BCUT2D eigenvalue weighted by atomic mass is 10.00. The van der Waals surface area contributed by atoms with Crippen LogP contribution in [0.25, 0.3) is 22.0 Å². The predicted octanol–water partition coefficient (Wildman–Crippen LogP) is 6.15. The molecule has 0 saturated heterocycles. The molecule has 1 N–H and O–H groups in total. The molecule has 0 aliphatic carbocycles. The molecule has 128 valence electrons. The zero-order valence-electron chi connectivity index (χ0n) is 15.1. The van der Waals surface area contributed by atoms with Crippen molar-refractivity contribution in [3.8, 4) is 17.2 Å². The Morgan fingerprint density at radius 2 is 2.04 bits per heavy atom. The van der Waals surface area contributed by atoms with E-state index in [9.17, 15) is 5.26 Å². The second-order valence-electron chi connectivity index (χ2n) is 6.39. The number of aromatic nitrogens is 1. The molecule has 2 aromatic carbocycles. The van der Waals surface area contributed by atoms with Crippen molar-refractivity contribution in [3.05, 3.63) is 53.7 Å². The van der Waals surface area contributed by atoms with Crippen LogP contribution in [-0.4, -0.2) is 10.8 Å². The lowest BCUT2D eigenvalue weighted by Crippen LogP contribution is -2.01. The molecule has 3 aromatic rings. The molecule has 1 unspecified atom stereocenters. The molecule has 3 nitrogen and oxygen atoms in total. The molecule has 0 aliphatic rings. The maximum Gasteiger partial charge on any atom is 0.0994 e. The quantitative estimate of drug-likeness (QED) is 0.562. The number of nitrogens with one attached hydrogen (secondary N) is 1. The van der Waals surface area contributed by atoms with Crippen LogP contribution in [0, 0.1) is 18.3 Å². The van der Waals surface area contributed by atoms with E-state index in [0.29, 0.717) is 6.04 Å². The maximum atomic E-state index is 9.18. The Balaban J connectivity index is 2.22. The van der Waals surface area contributed by atoms with E-state index in [1.165, 1.54) is 16.5 Å². The summed E-state index contributed by atoms with van der Waals surface area (Å²) in [6.07, 6.45) is 5.36. The minimum Gasteiger partial charge on any atom is -0.344 e. The molecule has 1 heterocycles. The van der Waals surface area contributed by atoms with Crippen LogP contribution < -0.4 is 4.72 Å². The zero-order chi connectivity index (χ0) is 18.0. The molecule has 1 aromatic heterocycles. The number of hydrogen-bond donors (Lipinski definition) is 1. The first-order valence-electron chi connectivity index (χ1n) is 8.53. The van der Waals surface area contributed by atoms with E-state index >= 15 is 0 Å². The number of hydrogen-bond acceptors (Lipinski definition) is 3. The van der Waals surface area contributed by atoms with Crippen LogP contribution in [0.2, 0.25) is 0 Å². The van der Waals surface area contributed by atoms with Crippen molar-refractivity contribution in [1.29, 1.82) is 5.26 Å². The lowest BCUT2D eigenvalue weighted by Gasteiger charge is -2.13. The molecule has 0 spiro atoms. The summed E-state index contributed by atoms with van der Waals surface area (Å²) >= 11 is 1.60. The SMILES string of the molecule is CCC(C)n1cc(-c2ccc(C#N)c(C)c2)c2ccc(NSC)cc21. The van der Waals surface area contributed by atoms with E-state index in [4.69, 9.17) is 0 Å². The summed E-state index contributed by atoms with van der Waals surface area (Å²) in [6, 6.07) is 15.3. The highest BCUT2D eigenvalue weighted by Crippen LogP contribution is 2.35. The molecule has 0 radical (unpaired) electrons. The Morgan fingerprint density at radius 1 is 1.24 bits per heavy atom. The molecule has 25 heavy (non-hydrogen) atoms. The Morgan fingerprint density at radius 3 is 2.68 bits per heavy atom. The third kappa shape index (κ3) is 3.25. The van der Waals surface area contributed by atoms with Gasteiger partial charge in [0.1, 0.15) is 0 Å². The molecular formula is C21H23N3S. The highest BCUT2D eigenvalue weighted by molar-refractivity contribution is 7.99. The van der Waals surface area contributed by atoms with E-state index in [2.05, 4.69) is 65.7 Å². The second kappa shape index (κ2) is 7.25. The van der Waals surface area contributed by atoms with Gasteiger partial charge in [-0.3, -0.25) is 0 Å². The lowest BCUT2D eigenvalue weighted by molar-refractivity contribution is 0.548. The van der Waals surface area contributed by atoms with Crippen molar-refractivity contribution in [2.24, 2.45) is 0 Å². The monoisotopic (exact) mass is 349 g/mol. The molecule has 0 saturated carbocycles. The molecule has 3 rings (SSSR count). The summed E-state index contributed by atoms with van der Waals surface area (Å²) in [5.74, 6) is 0. The molecule has 0 amide bonds. The summed E-state index contributed by atoms with van der Waals surface area (Å²) in [6.45, 7) is 6.46. The van der Waals surface area contributed by atoms with Crippen LogP contribution in [-0.2, 0) is 0 Å². The van der Waals surface area contributed by atoms with Gasteiger partial charge in [0, 0.05) is 35.1 Å². The van der Waals surface area contributed by atoms with Gasteiger partial charge in [0.05, 0.1) is 17.1 Å². The molecule has 0 bridgehead atoms. The first-order chi connectivity index (χ1) is 12.1. The number of rotatable bonds is 5. The highest BCUT2D eigenvalue weighted by Gasteiger charge is 2.14. The normalized spacial score (nSPS) is 12.1. The number of aryl methyl sites for hydroxylation is 1. The van der Waals surface area contributed by atoms with Gasteiger partial charge in [0.25, 0.3) is 0 Å². The van der Waals surface area contributed by atoms with Crippen LogP contribution in [0.15, 0.2) is 42.6 Å². The molecule has 4 heteroatoms. The van der Waals surface area contributed by atoms with Gasteiger partial charge < -0.3 is 9.29 Å². The summed E-state index contributed by atoms with van der Waals surface area (Å²) < 4.78 is 5.69. The fourth-order valence-electron chi connectivity index (χ4n) is 3.18. The summed E-state index contributed by atoms with van der Waals surface area (Å²) in [5, 5.41) is 10.4. The molecule has 0 aliphatic heterocycles. The highest BCUT2D eigenvalue weighted by atomic mass is 32.2. The number of fused-ring (bicyclic) bond motifs is 1. The van der Waals surface area contributed by atoms with Crippen LogP contribution in [0.4, 0.5) is 5.69 Å². The Kier molecular flexibility index (Phi) is 5.06. The fourth-order valence-corrected chi connectivity index (χ4v) is 3.54. The first kappa shape index (κ1) is 17.4. The molecular weight excluding hydrogens is 326 g/mol. The van der Waals surface area contributed by atoms with Gasteiger partial charge in [-0.05, 0) is 49.6 Å². The van der Waals surface area contributed by atoms with Gasteiger partial charge in [-0.1, -0.05) is 37.1 Å². The minimum absolute atomic E-state index is 0.431. The van der Waals surface area contributed by atoms with Crippen molar-refractivity contribution in [3.63, 3.8) is 0 Å². The Hall–Kier alpha value is -2.38. The fraction of sp³-hybridized carbons (Fsp3) is 0.286.